The number of aromatic nitrogens is 1. The van der Waals surface area contributed by atoms with Crippen LogP contribution in [-0.2, 0) is 10.0 Å². The molecule has 2 saturated heterocycles. The summed E-state index contributed by atoms with van der Waals surface area (Å²) >= 11 is 6.16. The quantitative estimate of drug-likeness (QED) is 0.520. The van der Waals surface area contributed by atoms with E-state index in [9.17, 15) is 17.6 Å². The Kier molecular flexibility index (Phi) is 6.08. The highest BCUT2D eigenvalue weighted by atomic mass is 35.5. The van der Waals surface area contributed by atoms with Crippen molar-refractivity contribution < 1.29 is 17.6 Å². The Hall–Kier alpha value is -2.62. The number of H-pyrrole nitrogens is 1. The normalized spacial score (nSPS) is 20.5. The number of fused-ring (bicyclic) bond motifs is 3. The van der Waals surface area contributed by atoms with Gasteiger partial charge in [0.25, 0.3) is 5.91 Å². The molecule has 2 aliphatic heterocycles. The van der Waals surface area contributed by atoms with E-state index in [4.69, 9.17) is 11.6 Å². The molecule has 192 valence electrons. The summed E-state index contributed by atoms with van der Waals surface area (Å²) in [7, 11) is -2.13. The van der Waals surface area contributed by atoms with Gasteiger partial charge in [-0.15, -0.1) is 0 Å². The summed E-state index contributed by atoms with van der Waals surface area (Å²) in [5.74, 6) is -0.701. The summed E-state index contributed by atoms with van der Waals surface area (Å²) in [5, 5.41) is 0.924. The fourth-order valence-electron chi connectivity index (χ4n) is 5.29. The lowest BCUT2D eigenvalue weighted by molar-refractivity contribution is 0.0718. The van der Waals surface area contributed by atoms with Gasteiger partial charge in [-0.1, -0.05) is 11.6 Å². The van der Waals surface area contributed by atoms with E-state index in [1.54, 1.807) is 24.1 Å². The van der Waals surface area contributed by atoms with Gasteiger partial charge < -0.3 is 14.8 Å². The number of sulfonamides is 1. The number of benzene rings is 2. The Labute approximate surface area is 215 Å². The number of carbonyl (C=O) groups is 1. The van der Waals surface area contributed by atoms with Gasteiger partial charge in [-0.3, -0.25) is 4.79 Å². The molecule has 7 nitrogen and oxygen atoms in total. The number of hydrogen-bond donors (Lipinski definition) is 1. The third-order valence-electron chi connectivity index (χ3n) is 7.42. The first-order valence-electron chi connectivity index (χ1n) is 12.0. The molecule has 1 amide bonds. The highest BCUT2D eigenvalue weighted by Gasteiger charge is 2.43. The monoisotopic (exact) mass is 532 g/mol. The number of rotatable bonds is 4. The van der Waals surface area contributed by atoms with Gasteiger partial charge in [-0.2, -0.15) is 4.31 Å². The van der Waals surface area contributed by atoms with Crippen molar-refractivity contribution in [2.45, 2.75) is 56.1 Å². The van der Waals surface area contributed by atoms with Gasteiger partial charge in [-0.25, -0.2) is 12.8 Å². The molecule has 0 spiro atoms. The van der Waals surface area contributed by atoms with Crippen LogP contribution < -0.4 is 4.90 Å². The second-order valence-electron chi connectivity index (χ2n) is 10.7. The Morgan fingerprint density at radius 1 is 1.11 bits per heavy atom. The number of nitrogens with zero attached hydrogens (tertiary/aromatic N) is 3. The van der Waals surface area contributed by atoms with Gasteiger partial charge in [0.2, 0.25) is 10.0 Å². The molecule has 2 aliphatic rings. The third kappa shape index (κ3) is 4.17. The molecule has 10 heteroatoms. The molecule has 0 radical (unpaired) electrons. The predicted octanol–water partition coefficient (Wildman–Crippen LogP) is 4.87. The molecular formula is C26H30ClFN4O3S. The molecule has 5 rings (SSSR count). The molecule has 0 unspecified atom stereocenters. The van der Waals surface area contributed by atoms with Crippen molar-refractivity contribution in [3.8, 4) is 0 Å². The van der Waals surface area contributed by atoms with Crippen molar-refractivity contribution in [3.63, 3.8) is 0 Å². The van der Waals surface area contributed by atoms with Gasteiger partial charge in [0.05, 0.1) is 26.7 Å². The van der Waals surface area contributed by atoms with Gasteiger partial charge in [-0.05, 0) is 70.0 Å². The SMILES string of the molecule is CN(C(C)(C)C)S(=O)(=O)c1cc(N2[C@@H]3CC[C@H]2CN(C(=O)c2ccc(F)cc2Cl)C3)c2[nH]ccc2c1. The smallest absolute Gasteiger partial charge is 0.255 e. The minimum atomic E-state index is -3.73. The summed E-state index contributed by atoms with van der Waals surface area (Å²) < 4.78 is 41.9. The van der Waals surface area contributed by atoms with Crippen molar-refractivity contribution in [3.05, 3.63) is 59.0 Å². The number of hydrogen-bond acceptors (Lipinski definition) is 4. The molecule has 2 bridgehead atoms. The van der Waals surface area contributed by atoms with Gasteiger partial charge in [0.1, 0.15) is 5.82 Å². The van der Waals surface area contributed by atoms with E-state index in [1.165, 1.54) is 16.4 Å². The summed E-state index contributed by atoms with van der Waals surface area (Å²) in [6.45, 7) is 6.55. The molecule has 2 aromatic carbocycles. The number of carbonyl (C=O) groups excluding carboxylic acids is 1. The van der Waals surface area contributed by atoms with Crippen LogP contribution in [0.4, 0.5) is 10.1 Å². The maximum absolute atomic E-state index is 13.5. The topological polar surface area (TPSA) is 76.7 Å². The van der Waals surface area contributed by atoms with E-state index < -0.39 is 21.4 Å². The molecule has 2 atom stereocenters. The molecule has 3 heterocycles. The zero-order chi connectivity index (χ0) is 26.0. The zero-order valence-corrected chi connectivity index (χ0v) is 22.3. The first-order chi connectivity index (χ1) is 16.9. The van der Waals surface area contributed by atoms with Gasteiger partial charge >= 0.3 is 0 Å². The Morgan fingerprint density at radius 2 is 1.78 bits per heavy atom. The summed E-state index contributed by atoms with van der Waals surface area (Å²) in [6.07, 6.45) is 3.58. The maximum Gasteiger partial charge on any atom is 0.255 e. The van der Waals surface area contributed by atoms with Crippen LogP contribution in [0.25, 0.3) is 10.9 Å². The number of likely N-dealkylation sites (tertiary alicyclic amines) is 1. The fraction of sp³-hybridized carbons (Fsp3) is 0.423. The number of halogens is 2. The van der Waals surface area contributed by atoms with E-state index in [0.29, 0.717) is 13.1 Å². The first-order valence-corrected chi connectivity index (χ1v) is 13.8. The minimum absolute atomic E-state index is 0.0247. The highest BCUT2D eigenvalue weighted by Crippen LogP contribution is 2.40. The third-order valence-corrected chi connectivity index (χ3v) is 9.84. The highest BCUT2D eigenvalue weighted by molar-refractivity contribution is 7.89. The largest absolute Gasteiger partial charge is 0.360 e. The van der Waals surface area contributed by atoms with Crippen molar-refractivity contribution >= 4 is 44.1 Å². The summed E-state index contributed by atoms with van der Waals surface area (Å²) in [5.41, 5.74) is 1.43. The average Bonchev–Trinajstić information content (AvgIpc) is 3.38. The second-order valence-corrected chi connectivity index (χ2v) is 13.0. The van der Waals surface area contributed by atoms with Crippen LogP contribution in [0, 0.1) is 5.82 Å². The van der Waals surface area contributed by atoms with Crippen LogP contribution in [-0.4, -0.2) is 66.3 Å². The van der Waals surface area contributed by atoms with E-state index in [0.717, 1.165) is 35.5 Å². The van der Waals surface area contributed by atoms with Crippen LogP contribution in [0.3, 0.4) is 0 Å². The minimum Gasteiger partial charge on any atom is -0.360 e. The molecular weight excluding hydrogens is 503 g/mol. The molecule has 1 aromatic heterocycles. The fourth-order valence-corrected chi connectivity index (χ4v) is 7.11. The molecule has 1 N–H and O–H groups in total. The Bertz CT molecular complexity index is 1440. The maximum atomic E-state index is 13.5. The molecule has 3 aromatic rings. The van der Waals surface area contributed by atoms with E-state index in [-0.39, 0.29) is 33.5 Å². The van der Waals surface area contributed by atoms with E-state index >= 15 is 0 Å². The standard InChI is InChI=1S/C26H30ClFN4O3S/c1-26(2,3)30(4)36(34,35)20-11-16-9-10-29-24(16)23(13-20)32-18-6-7-19(32)15-31(14-18)25(33)21-8-5-17(28)12-22(21)27/h5,8-13,18-19,29H,6-7,14-15H2,1-4H3/t18-,19+. The number of aromatic amines is 1. The van der Waals surface area contributed by atoms with Crippen LogP contribution in [0.15, 0.2) is 47.5 Å². The Balaban J connectivity index is 1.50. The lowest BCUT2D eigenvalue weighted by atomic mass is 10.1. The number of piperazine rings is 1. The summed E-state index contributed by atoms with van der Waals surface area (Å²) in [4.78, 5) is 20.8. The molecule has 36 heavy (non-hydrogen) atoms. The van der Waals surface area contributed by atoms with E-state index in [1.807, 2.05) is 33.0 Å². The number of anilines is 1. The van der Waals surface area contributed by atoms with Crippen molar-refractivity contribution in [2.24, 2.45) is 0 Å². The summed E-state index contributed by atoms with van der Waals surface area (Å²) in [6, 6.07) is 9.23. The van der Waals surface area contributed by atoms with Crippen molar-refractivity contribution in [1.29, 1.82) is 0 Å². The van der Waals surface area contributed by atoms with Crippen LogP contribution in [0.1, 0.15) is 44.0 Å². The lowest BCUT2D eigenvalue weighted by Crippen LogP contribution is -2.55. The van der Waals surface area contributed by atoms with Crippen molar-refractivity contribution in [1.82, 2.24) is 14.2 Å². The van der Waals surface area contributed by atoms with Crippen LogP contribution >= 0.6 is 11.6 Å². The predicted molar refractivity (Wildman–Crippen MR) is 140 cm³/mol. The van der Waals surface area contributed by atoms with Crippen LogP contribution in [0.2, 0.25) is 5.02 Å². The molecule has 0 aliphatic carbocycles. The number of amides is 1. The zero-order valence-electron chi connectivity index (χ0n) is 20.8. The Morgan fingerprint density at radius 3 is 2.39 bits per heavy atom. The van der Waals surface area contributed by atoms with E-state index in [2.05, 4.69) is 9.88 Å². The molecule has 0 saturated carbocycles. The average molecular weight is 533 g/mol. The first kappa shape index (κ1) is 25.0. The lowest BCUT2D eigenvalue weighted by Gasteiger charge is -2.43. The number of nitrogens with one attached hydrogen (secondary N) is 1. The van der Waals surface area contributed by atoms with Gasteiger partial charge in [0.15, 0.2) is 0 Å². The van der Waals surface area contributed by atoms with Gasteiger partial charge in [0, 0.05) is 49.3 Å². The second kappa shape index (κ2) is 8.75. The molecule has 2 fully saturated rings. The van der Waals surface area contributed by atoms with Crippen molar-refractivity contribution in [2.75, 3.05) is 25.0 Å². The van der Waals surface area contributed by atoms with Crippen LogP contribution in [0.5, 0.6) is 0 Å².